The number of carboxylic acids is 1. The summed E-state index contributed by atoms with van der Waals surface area (Å²) in [6, 6.07) is 4.24. The maximum absolute atomic E-state index is 13.6. The molecule has 0 atom stereocenters. The van der Waals surface area contributed by atoms with Crippen LogP contribution < -0.4 is 11.2 Å². The Morgan fingerprint density at radius 2 is 2.04 bits per heavy atom. The van der Waals surface area contributed by atoms with Crippen LogP contribution in [0.25, 0.3) is 0 Å². The van der Waals surface area contributed by atoms with E-state index in [0.29, 0.717) is 11.3 Å². The van der Waals surface area contributed by atoms with E-state index in [4.69, 9.17) is 16.7 Å². The van der Waals surface area contributed by atoms with E-state index in [1.54, 1.807) is 6.07 Å². The molecular formula is C16H16ClFN2O4S. The van der Waals surface area contributed by atoms with Crippen molar-refractivity contribution in [3.63, 3.8) is 0 Å². The van der Waals surface area contributed by atoms with Gasteiger partial charge in [-0.15, -0.1) is 0 Å². The normalized spacial score (nSPS) is 10.8. The summed E-state index contributed by atoms with van der Waals surface area (Å²) in [5.74, 6) is -1.29. The largest absolute Gasteiger partial charge is 0.480 e. The fraction of sp³-hybridized carbons (Fsp3) is 0.312. The predicted molar refractivity (Wildman–Crippen MR) is 95.2 cm³/mol. The second-order valence-electron chi connectivity index (χ2n) is 5.30. The zero-order valence-corrected chi connectivity index (χ0v) is 14.9. The second kappa shape index (κ2) is 8.35. The molecule has 1 N–H and O–H groups in total. The summed E-state index contributed by atoms with van der Waals surface area (Å²) in [5.41, 5.74) is -0.651. The van der Waals surface area contributed by atoms with Gasteiger partial charge in [-0.05, 0) is 17.9 Å². The third kappa shape index (κ3) is 4.52. The minimum atomic E-state index is -1.20. The van der Waals surface area contributed by atoms with Gasteiger partial charge in [0.05, 0.1) is 5.02 Å². The van der Waals surface area contributed by atoms with Crippen LogP contribution in [0, 0.1) is 5.82 Å². The number of hydrogen-bond acceptors (Lipinski definition) is 4. The summed E-state index contributed by atoms with van der Waals surface area (Å²) >= 11 is 7.38. The summed E-state index contributed by atoms with van der Waals surface area (Å²) < 4.78 is 15.6. The third-order valence-electron chi connectivity index (χ3n) is 3.55. The molecule has 0 spiro atoms. The molecule has 134 valence electrons. The molecule has 1 heterocycles. The SMILES string of the molecule is CSCCn1c(=O)c(Cc2cccc(F)c2Cl)cn(CC(=O)O)c1=O. The Labute approximate surface area is 151 Å². The van der Waals surface area contributed by atoms with Crippen LogP contribution in [0.4, 0.5) is 4.39 Å². The molecule has 1 aromatic carbocycles. The monoisotopic (exact) mass is 386 g/mol. The van der Waals surface area contributed by atoms with Gasteiger partial charge in [-0.25, -0.2) is 9.18 Å². The summed E-state index contributed by atoms with van der Waals surface area (Å²) in [5, 5.41) is 8.86. The highest BCUT2D eigenvalue weighted by atomic mass is 35.5. The van der Waals surface area contributed by atoms with E-state index in [9.17, 15) is 18.8 Å². The molecule has 0 bridgehead atoms. The van der Waals surface area contributed by atoms with Gasteiger partial charge >= 0.3 is 11.7 Å². The summed E-state index contributed by atoms with van der Waals surface area (Å²) in [4.78, 5) is 35.9. The lowest BCUT2D eigenvalue weighted by Crippen LogP contribution is -2.42. The molecule has 2 aromatic rings. The van der Waals surface area contributed by atoms with Gasteiger partial charge in [0, 0.05) is 30.5 Å². The van der Waals surface area contributed by atoms with Crippen LogP contribution in [0.3, 0.4) is 0 Å². The number of rotatable bonds is 7. The molecule has 25 heavy (non-hydrogen) atoms. The van der Waals surface area contributed by atoms with Crippen LogP contribution in [-0.4, -0.2) is 32.2 Å². The zero-order valence-electron chi connectivity index (χ0n) is 13.4. The lowest BCUT2D eigenvalue weighted by Gasteiger charge is -2.12. The van der Waals surface area contributed by atoms with Crippen LogP contribution >= 0.6 is 23.4 Å². The lowest BCUT2D eigenvalue weighted by molar-refractivity contribution is -0.137. The smallest absolute Gasteiger partial charge is 0.331 e. The number of carboxylic acid groups (broad SMARTS) is 1. The molecule has 2 rings (SSSR count). The van der Waals surface area contributed by atoms with E-state index in [1.807, 2.05) is 6.26 Å². The Kier molecular flexibility index (Phi) is 6.44. The average molecular weight is 387 g/mol. The first-order valence-electron chi connectivity index (χ1n) is 7.32. The van der Waals surface area contributed by atoms with Crippen molar-refractivity contribution in [2.24, 2.45) is 0 Å². The molecule has 6 nitrogen and oxygen atoms in total. The van der Waals surface area contributed by atoms with E-state index in [0.717, 1.165) is 9.13 Å². The maximum atomic E-state index is 13.6. The first-order valence-corrected chi connectivity index (χ1v) is 9.09. The van der Waals surface area contributed by atoms with Crippen molar-refractivity contribution >= 4 is 29.3 Å². The van der Waals surface area contributed by atoms with Gasteiger partial charge in [0.1, 0.15) is 12.4 Å². The Balaban J connectivity index is 2.56. The van der Waals surface area contributed by atoms with Gasteiger partial charge in [-0.1, -0.05) is 23.7 Å². The molecule has 9 heteroatoms. The van der Waals surface area contributed by atoms with Crippen LogP contribution in [0.5, 0.6) is 0 Å². The van der Waals surface area contributed by atoms with E-state index in [2.05, 4.69) is 0 Å². The highest BCUT2D eigenvalue weighted by Crippen LogP contribution is 2.21. The number of hydrogen-bond donors (Lipinski definition) is 1. The number of benzene rings is 1. The summed E-state index contributed by atoms with van der Waals surface area (Å²) in [7, 11) is 0. The minimum Gasteiger partial charge on any atom is -0.480 e. The fourth-order valence-electron chi connectivity index (χ4n) is 2.36. The Morgan fingerprint density at radius 3 is 2.68 bits per heavy atom. The summed E-state index contributed by atoms with van der Waals surface area (Å²) in [6.45, 7) is -0.411. The minimum absolute atomic E-state index is 0.00536. The fourth-order valence-corrected chi connectivity index (χ4v) is 2.92. The van der Waals surface area contributed by atoms with Crippen molar-refractivity contribution in [2.75, 3.05) is 12.0 Å². The molecule has 0 fully saturated rings. The topological polar surface area (TPSA) is 81.3 Å². The number of aliphatic carboxylic acids is 1. The van der Waals surface area contributed by atoms with Crippen molar-refractivity contribution in [1.29, 1.82) is 0 Å². The molecule has 0 amide bonds. The Morgan fingerprint density at radius 1 is 1.32 bits per heavy atom. The third-order valence-corrected chi connectivity index (χ3v) is 4.56. The first-order chi connectivity index (χ1) is 11.8. The number of aromatic nitrogens is 2. The quantitative estimate of drug-likeness (QED) is 0.785. The maximum Gasteiger partial charge on any atom is 0.331 e. The first kappa shape index (κ1) is 19.3. The van der Waals surface area contributed by atoms with Gasteiger partial charge in [0.25, 0.3) is 5.56 Å². The lowest BCUT2D eigenvalue weighted by atomic mass is 10.1. The molecule has 0 aliphatic heterocycles. The van der Waals surface area contributed by atoms with Gasteiger partial charge in [0.2, 0.25) is 0 Å². The Bertz CT molecular complexity index is 910. The number of nitrogens with zero attached hydrogens (tertiary/aromatic N) is 2. The molecule has 0 saturated heterocycles. The van der Waals surface area contributed by atoms with Gasteiger partial charge < -0.3 is 5.11 Å². The molecule has 0 aliphatic rings. The van der Waals surface area contributed by atoms with Crippen LogP contribution in [0.15, 0.2) is 34.0 Å². The van der Waals surface area contributed by atoms with Gasteiger partial charge in [-0.2, -0.15) is 11.8 Å². The average Bonchev–Trinajstić information content (AvgIpc) is 2.55. The molecular weight excluding hydrogens is 371 g/mol. The number of thioether (sulfide) groups is 1. The van der Waals surface area contributed by atoms with E-state index in [-0.39, 0.29) is 23.6 Å². The van der Waals surface area contributed by atoms with Gasteiger partial charge in [0.15, 0.2) is 0 Å². The molecule has 0 aliphatic carbocycles. The second-order valence-corrected chi connectivity index (χ2v) is 6.66. The summed E-state index contributed by atoms with van der Waals surface area (Å²) in [6.07, 6.45) is 3.03. The standard InChI is InChI=1S/C16H16ClFN2O4S/c1-25-6-5-20-15(23)11(8-19(16(20)24)9-13(21)22)7-10-3-2-4-12(18)14(10)17/h2-4,8H,5-7,9H2,1H3,(H,21,22). The molecule has 0 radical (unpaired) electrons. The zero-order chi connectivity index (χ0) is 18.6. The molecule has 1 aromatic heterocycles. The van der Waals surface area contributed by atoms with E-state index in [1.165, 1.54) is 30.1 Å². The Hall–Kier alpha value is -2.06. The molecule has 0 unspecified atom stereocenters. The van der Waals surface area contributed by atoms with Gasteiger partial charge in [-0.3, -0.25) is 18.7 Å². The van der Waals surface area contributed by atoms with Crippen LogP contribution in [-0.2, 0) is 24.3 Å². The van der Waals surface area contributed by atoms with Crippen molar-refractivity contribution in [1.82, 2.24) is 9.13 Å². The van der Waals surface area contributed by atoms with E-state index < -0.39 is 29.6 Å². The highest BCUT2D eigenvalue weighted by molar-refractivity contribution is 7.98. The van der Waals surface area contributed by atoms with Crippen molar-refractivity contribution < 1.29 is 14.3 Å². The van der Waals surface area contributed by atoms with Crippen molar-refractivity contribution in [3.8, 4) is 0 Å². The predicted octanol–water partition coefficient (Wildman–Crippen LogP) is 1.84. The van der Waals surface area contributed by atoms with Crippen LogP contribution in [0.1, 0.15) is 11.1 Å². The highest BCUT2D eigenvalue weighted by Gasteiger charge is 2.15. The molecule has 0 saturated carbocycles. The van der Waals surface area contributed by atoms with Crippen molar-refractivity contribution in [3.05, 3.63) is 67.2 Å². The van der Waals surface area contributed by atoms with Crippen molar-refractivity contribution in [2.45, 2.75) is 19.5 Å². The number of halogens is 2. The van der Waals surface area contributed by atoms with Crippen LogP contribution in [0.2, 0.25) is 5.02 Å². The number of carbonyl (C=O) groups is 1. The van der Waals surface area contributed by atoms with E-state index >= 15 is 0 Å².